The van der Waals surface area contributed by atoms with Crippen LogP contribution in [0.15, 0.2) is 54.6 Å². The maximum atomic E-state index is 12.2. The van der Waals surface area contributed by atoms with E-state index in [1.165, 1.54) is 5.56 Å². The van der Waals surface area contributed by atoms with Gasteiger partial charge in [0.25, 0.3) is 0 Å². The van der Waals surface area contributed by atoms with E-state index in [1.54, 1.807) is 7.11 Å². The van der Waals surface area contributed by atoms with E-state index in [0.717, 1.165) is 57.0 Å². The summed E-state index contributed by atoms with van der Waals surface area (Å²) in [7, 11) is 1.67. The van der Waals surface area contributed by atoms with Crippen LogP contribution < -0.4 is 4.74 Å². The van der Waals surface area contributed by atoms with E-state index in [9.17, 15) is 5.11 Å². The lowest BCUT2D eigenvalue weighted by atomic mass is 9.73. The summed E-state index contributed by atoms with van der Waals surface area (Å²) in [5, 5.41) is 12.2. The quantitative estimate of drug-likeness (QED) is 0.679. The summed E-state index contributed by atoms with van der Waals surface area (Å²) < 4.78 is 10.9. The van der Waals surface area contributed by atoms with Crippen LogP contribution in [0.1, 0.15) is 43.7 Å². The summed E-state index contributed by atoms with van der Waals surface area (Å²) in [5.41, 5.74) is 1.19. The number of morpholine rings is 1. The van der Waals surface area contributed by atoms with Crippen LogP contribution in [0.5, 0.6) is 5.75 Å². The number of benzene rings is 2. The van der Waals surface area contributed by atoms with Gasteiger partial charge in [0.2, 0.25) is 0 Å². The second-order valence-electron chi connectivity index (χ2n) is 8.46. The van der Waals surface area contributed by atoms with Gasteiger partial charge in [-0.1, -0.05) is 56.3 Å². The van der Waals surface area contributed by atoms with Crippen LogP contribution in [0, 0.1) is 5.92 Å². The second-order valence-corrected chi connectivity index (χ2v) is 8.46. The Balaban J connectivity index is 1.99. The minimum Gasteiger partial charge on any atom is -0.497 e. The number of rotatable bonds is 9. The zero-order chi connectivity index (χ0) is 20.7. The molecule has 1 aliphatic rings. The Morgan fingerprint density at radius 1 is 1.03 bits per heavy atom. The summed E-state index contributed by atoms with van der Waals surface area (Å²) in [6, 6.07) is 18.4. The third-order valence-electron chi connectivity index (χ3n) is 6.02. The molecule has 4 nitrogen and oxygen atoms in total. The third kappa shape index (κ3) is 5.59. The molecule has 0 amide bonds. The van der Waals surface area contributed by atoms with Crippen LogP contribution in [-0.4, -0.2) is 50.0 Å². The average Bonchev–Trinajstić information content (AvgIpc) is 2.77. The van der Waals surface area contributed by atoms with Crippen LogP contribution in [0.3, 0.4) is 0 Å². The molecule has 1 fully saturated rings. The fourth-order valence-electron chi connectivity index (χ4n) is 4.17. The van der Waals surface area contributed by atoms with E-state index in [2.05, 4.69) is 43.0 Å². The smallest absolute Gasteiger partial charge is 0.118 e. The van der Waals surface area contributed by atoms with E-state index in [0.29, 0.717) is 5.92 Å². The maximum Gasteiger partial charge on any atom is 0.118 e. The van der Waals surface area contributed by atoms with Crippen molar-refractivity contribution in [1.29, 1.82) is 0 Å². The largest absolute Gasteiger partial charge is 0.497 e. The molecule has 1 saturated heterocycles. The monoisotopic (exact) mass is 397 g/mol. The standard InChI is InChI=1S/C25H35NO3/c1-20(2)13-14-25(27,22-9-11-23(28-3)12-10-22)24(21-7-5-4-6-8-21)19-26-15-17-29-18-16-26/h4-12,20,24,27H,13-19H2,1-3H3. The highest BCUT2D eigenvalue weighted by Gasteiger charge is 2.40. The predicted molar refractivity (Wildman–Crippen MR) is 117 cm³/mol. The molecule has 2 atom stereocenters. The number of aliphatic hydroxyl groups is 1. The number of nitrogens with zero attached hydrogens (tertiary/aromatic N) is 1. The highest BCUT2D eigenvalue weighted by atomic mass is 16.5. The Bertz CT molecular complexity index is 725. The van der Waals surface area contributed by atoms with Gasteiger partial charge in [-0.05, 0) is 42.0 Å². The minimum atomic E-state index is -0.948. The van der Waals surface area contributed by atoms with Crippen molar-refractivity contribution in [3.05, 3.63) is 65.7 Å². The van der Waals surface area contributed by atoms with Crippen LogP contribution in [0.2, 0.25) is 0 Å². The molecule has 2 aromatic carbocycles. The zero-order valence-electron chi connectivity index (χ0n) is 18.0. The fourth-order valence-corrected chi connectivity index (χ4v) is 4.17. The first-order valence-electron chi connectivity index (χ1n) is 10.7. The Morgan fingerprint density at radius 3 is 2.28 bits per heavy atom. The molecule has 1 N–H and O–H groups in total. The Morgan fingerprint density at radius 2 is 1.69 bits per heavy atom. The van der Waals surface area contributed by atoms with Crippen molar-refractivity contribution in [2.45, 2.75) is 38.2 Å². The molecule has 2 aromatic rings. The van der Waals surface area contributed by atoms with Crippen LogP contribution in [0.4, 0.5) is 0 Å². The number of hydrogen-bond acceptors (Lipinski definition) is 4. The van der Waals surface area contributed by atoms with Gasteiger partial charge in [0, 0.05) is 25.6 Å². The molecule has 29 heavy (non-hydrogen) atoms. The molecule has 0 aromatic heterocycles. The highest BCUT2D eigenvalue weighted by Crippen LogP contribution is 2.42. The lowest BCUT2D eigenvalue weighted by Crippen LogP contribution is -2.45. The van der Waals surface area contributed by atoms with Gasteiger partial charge >= 0.3 is 0 Å². The van der Waals surface area contributed by atoms with E-state index < -0.39 is 5.60 Å². The molecule has 0 saturated carbocycles. The molecular formula is C25H35NO3. The van der Waals surface area contributed by atoms with Crippen molar-refractivity contribution in [3.63, 3.8) is 0 Å². The first-order chi connectivity index (χ1) is 14.0. The van der Waals surface area contributed by atoms with Gasteiger partial charge in [0.15, 0.2) is 0 Å². The molecule has 0 radical (unpaired) electrons. The number of hydrogen-bond donors (Lipinski definition) is 1. The van der Waals surface area contributed by atoms with E-state index in [4.69, 9.17) is 9.47 Å². The van der Waals surface area contributed by atoms with E-state index in [-0.39, 0.29) is 5.92 Å². The van der Waals surface area contributed by atoms with Crippen molar-refractivity contribution in [2.75, 3.05) is 40.0 Å². The first-order valence-corrected chi connectivity index (χ1v) is 10.7. The average molecular weight is 398 g/mol. The normalized spacial score (nSPS) is 18.4. The minimum absolute atomic E-state index is 0.0195. The van der Waals surface area contributed by atoms with Gasteiger partial charge in [-0.2, -0.15) is 0 Å². The van der Waals surface area contributed by atoms with Crippen LogP contribution in [0.25, 0.3) is 0 Å². The van der Waals surface area contributed by atoms with Crippen molar-refractivity contribution < 1.29 is 14.6 Å². The fraction of sp³-hybridized carbons (Fsp3) is 0.520. The van der Waals surface area contributed by atoms with Gasteiger partial charge in [0.05, 0.1) is 25.9 Å². The summed E-state index contributed by atoms with van der Waals surface area (Å²) in [6.07, 6.45) is 1.69. The lowest BCUT2D eigenvalue weighted by molar-refractivity contribution is -0.0311. The Hall–Kier alpha value is -1.88. The van der Waals surface area contributed by atoms with E-state index in [1.807, 2.05) is 30.3 Å². The van der Waals surface area contributed by atoms with Crippen LogP contribution >= 0.6 is 0 Å². The molecule has 0 spiro atoms. The predicted octanol–water partition coefficient (Wildman–Crippen LogP) is 4.44. The molecule has 4 heteroatoms. The summed E-state index contributed by atoms with van der Waals surface area (Å²) >= 11 is 0. The summed E-state index contributed by atoms with van der Waals surface area (Å²) in [6.45, 7) is 8.58. The molecule has 1 heterocycles. The van der Waals surface area contributed by atoms with E-state index >= 15 is 0 Å². The number of ether oxygens (including phenoxy) is 2. The zero-order valence-corrected chi connectivity index (χ0v) is 18.0. The van der Waals surface area contributed by atoms with Crippen molar-refractivity contribution in [1.82, 2.24) is 4.90 Å². The lowest BCUT2D eigenvalue weighted by Gasteiger charge is -2.41. The topological polar surface area (TPSA) is 41.9 Å². The van der Waals surface area contributed by atoms with Crippen molar-refractivity contribution in [3.8, 4) is 5.75 Å². The third-order valence-corrected chi connectivity index (χ3v) is 6.02. The van der Waals surface area contributed by atoms with Gasteiger partial charge in [-0.15, -0.1) is 0 Å². The van der Waals surface area contributed by atoms with Gasteiger partial charge < -0.3 is 14.6 Å². The van der Waals surface area contributed by atoms with Crippen molar-refractivity contribution in [2.24, 2.45) is 5.92 Å². The van der Waals surface area contributed by atoms with Gasteiger partial charge in [-0.25, -0.2) is 0 Å². The molecule has 3 rings (SSSR count). The Kier molecular flexibility index (Phi) is 7.70. The van der Waals surface area contributed by atoms with Gasteiger partial charge in [0.1, 0.15) is 5.75 Å². The first kappa shape index (κ1) is 21.8. The number of methoxy groups -OCH3 is 1. The summed E-state index contributed by atoms with van der Waals surface area (Å²) in [5.74, 6) is 1.32. The molecule has 158 valence electrons. The molecular weight excluding hydrogens is 362 g/mol. The van der Waals surface area contributed by atoms with Gasteiger partial charge in [-0.3, -0.25) is 4.90 Å². The molecule has 0 aliphatic carbocycles. The van der Waals surface area contributed by atoms with Crippen molar-refractivity contribution >= 4 is 0 Å². The SMILES string of the molecule is COc1ccc(C(O)(CCC(C)C)C(CN2CCOCC2)c2ccccc2)cc1. The second kappa shape index (κ2) is 10.2. The van der Waals surface area contributed by atoms with Crippen LogP contribution in [-0.2, 0) is 10.3 Å². The molecule has 0 bridgehead atoms. The Labute approximate surface area is 175 Å². The highest BCUT2D eigenvalue weighted by molar-refractivity contribution is 5.35. The molecule has 1 aliphatic heterocycles. The summed E-state index contributed by atoms with van der Waals surface area (Å²) in [4.78, 5) is 2.42. The molecule has 2 unspecified atom stereocenters. The maximum absolute atomic E-state index is 12.2.